The summed E-state index contributed by atoms with van der Waals surface area (Å²) in [7, 11) is 0. The molecule has 2 atom stereocenters. The number of hydrogen-bond donors (Lipinski definition) is 1. The van der Waals surface area contributed by atoms with Gasteiger partial charge in [0, 0.05) is 12.5 Å². The molecule has 2 heterocycles. The number of nitrogens with one attached hydrogen (secondary N) is 1. The van der Waals surface area contributed by atoms with Crippen molar-refractivity contribution in [3.63, 3.8) is 0 Å². The average molecular weight is 313 g/mol. The van der Waals surface area contributed by atoms with Crippen molar-refractivity contribution in [2.45, 2.75) is 12.5 Å². The second-order valence-electron chi connectivity index (χ2n) is 4.71. The highest BCUT2D eigenvalue weighted by Crippen LogP contribution is 2.38. The summed E-state index contributed by atoms with van der Waals surface area (Å²) in [5, 5.41) is 4.29. The first-order valence-corrected chi connectivity index (χ1v) is 7.22. The molecule has 1 saturated heterocycles. The zero-order chi connectivity index (χ0) is 13.9. The fourth-order valence-electron chi connectivity index (χ4n) is 2.38. The third kappa shape index (κ3) is 2.77. The normalized spacial score (nSPS) is 20.0. The second-order valence-corrected chi connectivity index (χ2v) is 5.53. The van der Waals surface area contributed by atoms with E-state index in [0.717, 1.165) is 19.5 Å². The predicted molar refractivity (Wildman–Crippen MR) is 77.3 cm³/mol. The number of rotatable bonds is 4. The van der Waals surface area contributed by atoms with Crippen molar-refractivity contribution in [1.29, 1.82) is 0 Å². The molecule has 1 aliphatic heterocycles. The Morgan fingerprint density at radius 1 is 1.35 bits per heavy atom. The van der Waals surface area contributed by atoms with E-state index in [-0.39, 0.29) is 12.0 Å². The Balaban J connectivity index is 1.90. The molecule has 0 aliphatic carbocycles. The lowest BCUT2D eigenvalue weighted by atomic mass is 10.0. The molecule has 1 fully saturated rings. The zero-order valence-corrected chi connectivity index (χ0v) is 12.2. The highest BCUT2D eigenvalue weighted by atomic mass is 35.5. The SMILES string of the molecule is Clc1cccc(Cl)c1O[C@@H](c1ncco1)[C@H]1CCNC1. The van der Waals surface area contributed by atoms with E-state index < -0.39 is 0 Å². The Labute approximate surface area is 127 Å². The lowest BCUT2D eigenvalue weighted by Crippen LogP contribution is -2.22. The Morgan fingerprint density at radius 3 is 2.75 bits per heavy atom. The van der Waals surface area contributed by atoms with E-state index in [4.69, 9.17) is 32.4 Å². The molecule has 0 bridgehead atoms. The van der Waals surface area contributed by atoms with E-state index in [9.17, 15) is 0 Å². The summed E-state index contributed by atoms with van der Waals surface area (Å²) in [5.74, 6) is 1.31. The Bertz CT molecular complexity index is 548. The summed E-state index contributed by atoms with van der Waals surface area (Å²) in [6.07, 6.45) is 3.86. The van der Waals surface area contributed by atoms with Gasteiger partial charge in [-0.05, 0) is 25.1 Å². The molecule has 3 rings (SSSR count). The summed E-state index contributed by atoms with van der Waals surface area (Å²) in [4.78, 5) is 4.21. The third-order valence-corrected chi connectivity index (χ3v) is 3.98. The van der Waals surface area contributed by atoms with E-state index in [1.54, 1.807) is 30.7 Å². The van der Waals surface area contributed by atoms with Crippen molar-refractivity contribution in [3.05, 3.63) is 46.6 Å². The predicted octanol–water partition coefficient (Wildman–Crippen LogP) is 3.71. The van der Waals surface area contributed by atoms with Crippen LogP contribution < -0.4 is 10.1 Å². The topological polar surface area (TPSA) is 47.3 Å². The minimum atomic E-state index is -0.294. The van der Waals surface area contributed by atoms with E-state index in [1.807, 2.05) is 0 Å². The van der Waals surface area contributed by atoms with Gasteiger partial charge in [0.25, 0.3) is 0 Å². The van der Waals surface area contributed by atoms with Crippen LogP contribution in [0.25, 0.3) is 0 Å². The Kier molecular flexibility index (Phi) is 4.15. The maximum atomic E-state index is 6.17. The molecule has 0 unspecified atom stereocenters. The summed E-state index contributed by atoms with van der Waals surface area (Å²) in [6, 6.07) is 5.29. The molecule has 1 N–H and O–H groups in total. The van der Waals surface area contributed by atoms with Gasteiger partial charge < -0.3 is 14.5 Å². The molecule has 1 aliphatic rings. The van der Waals surface area contributed by atoms with Gasteiger partial charge >= 0.3 is 0 Å². The molecule has 106 valence electrons. The van der Waals surface area contributed by atoms with E-state index >= 15 is 0 Å². The van der Waals surface area contributed by atoms with Gasteiger partial charge in [-0.25, -0.2) is 4.98 Å². The monoisotopic (exact) mass is 312 g/mol. The first kappa shape index (κ1) is 13.7. The van der Waals surface area contributed by atoms with Gasteiger partial charge in [0.1, 0.15) is 6.26 Å². The smallest absolute Gasteiger partial charge is 0.235 e. The maximum Gasteiger partial charge on any atom is 0.235 e. The lowest BCUT2D eigenvalue weighted by Gasteiger charge is -2.22. The Hall–Kier alpha value is -1.23. The number of hydrogen-bond acceptors (Lipinski definition) is 4. The van der Waals surface area contributed by atoms with Gasteiger partial charge in [0.05, 0.1) is 16.2 Å². The van der Waals surface area contributed by atoms with Crippen LogP contribution in [0.2, 0.25) is 10.0 Å². The van der Waals surface area contributed by atoms with Gasteiger partial charge in [0.2, 0.25) is 5.89 Å². The number of aromatic nitrogens is 1. The molecule has 20 heavy (non-hydrogen) atoms. The van der Waals surface area contributed by atoms with Crippen LogP contribution in [0.3, 0.4) is 0 Å². The van der Waals surface area contributed by atoms with Crippen LogP contribution >= 0.6 is 23.2 Å². The molecular weight excluding hydrogens is 299 g/mol. The van der Waals surface area contributed by atoms with Crippen molar-refractivity contribution in [3.8, 4) is 5.75 Å². The van der Waals surface area contributed by atoms with Gasteiger partial charge in [-0.1, -0.05) is 29.3 Å². The summed E-state index contributed by atoms with van der Waals surface area (Å²) in [6.45, 7) is 1.82. The van der Waals surface area contributed by atoms with Crippen LogP contribution in [-0.2, 0) is 0 Å². The minimum absolute atomic E-state index is 0.279. The van der Waals surface area contributed by atoms with Crippen molar-refractivity contribution < 1.29 is 9.15 Å². The quantitative estimate of drug-likeness (QED) is 0.935. The largest absolute Gasteiger partial charge is 0.477 e. The van der Waals surface area contributed by atoms with Gasteiger partial charge in [-0.2, -0.15) is 0 Å². The summed E-state index contributed by atoms with van der Waals surface area (Å²) >= 11 is 12.3. The van der Waals surface area contributed by atoms with Gasteiger partial charge in [-0.15, -0.1) is 0 Å². The number of halogens is 2. The fraction of sp³-hybridized carbons (Fsp3) is 0.357. The van der Waals surface area contributed by atoms with Crippen molar-refractivity contribution in [1.82, 2.24) is 10.3 Å². The van der Waals surface area contributed by atoms with Crippen molar-refractivity contribution >= 4 is 23.2 Å². The molecule has 2 aromatic rings. The number of para-hydroxylation sites is 1. The summed E-state index contributed by atoms with van der Waals surface area (Å²) < 4.78 is 11.5. The van der Waals surface area contributed by atoms with E-state index in [2.05, 4.69) is 10.3 Å². The van der Waals surface area contributed by atoms with Crippen LogP contribution in [-0.4, -0.2) is 18.1 Å². The maximum absolute atomic E-state index is 6.17. The fourth-order valence-corrected chi connectivity index (χ4v) is 2.87. The first-order chi connectivity index (χ1) is 9.75. The molecule has 0 radical (unpaired) electrons. The Morgan fingerprint density at radius 2 is 2.15 bits per heavy atom. The molecule has 1 aromatic heterocycles. The van der Waals surface area contributed by atoms with Gasteiger partial charge in [0.15, 0.2) is 11.9 Å². The number of benzene rings is 1. The molecule has 1 aromatic carbocycles. The molecule has 0 saturated carbocycles. The lowest BCUT2D eigenvalue weighted by molar-refractivity contribution is 0.114. The minimum Gasteiger partial charge on any atom is -0.477 e. The van der Waals surface area contributed by atoms with Crippen molar-refractivity contribution in [2.75, 3.05) is 13.1 Å². The zero-order valence-electron chi connectivity index (χ0n) is 10.7. The highest BCUT2D eigenvalue weighted by Gasteiger charge is 2.32. The van der Waals surface area contributed by atoms with Crippen LogP contribution in [0.5, 0.6) is 5.75 Å². The molecule has 4 nitrogen and oxygen atoms in total. The van der Waals surface area contributed by atoms with Crippen LogP contribution in [0.4, 0.5) is 0 Å². The molecular formula is C14H14Cl2N2O2. The third-order valence-electron chi connectivity index (χ3n) is 3.39. The highest BCUT2D eigenvalue weighted by molar-refractivity contribution is 6.37. The van der Waals surface area contributed by atoms with E-state index in [1.165, 1.54) is 0 Å². The van der Waals surface area contributed by atoms with Crippen LogP contribution in [0, 0.1) is 5.92 Å². The first-order valence-electron chi connectivity index (χ1n) is 6.46. The molecule has 0 spiro atoms. The number of oxazole rings is 1. The second kappa shape index (κ2) is 6.04. The van der Waals surface area contributed by atoms with Crippen molar-refractivity contribution in [2.24, 2.45) is 5.92 Å². The van der Waals surface area contributed by atoms with Crippen LogP contribution in [0.15, 0.2) is 35.1 Å². The summed E-state index contributed by atoms with van der Waals surface area (Å²) in [5.41, 5.74) is 0. The van der Waals surface area contributed by atoms with E-state index in [0.29, 0.717) is 21.7 Å². The number of ether oxygens (including phenoxy) is 1. The standard InChI is InChI=1S/C14H14Cl2N2O2/c15-10-2-1-3-11(16)13(10)20-12(9-4-5-17-8-9)14-18-6-7-19-14/h1-3,6-7,9,12,17H,4-5,8H2/t9-,12+/m0/s1. The average Bonchev–Trinajstić information content (AvgIpc) is 3.12. The molecule has 0 amide bonds. The van der Waals surface area contributed by atoms with Crippen LogP contribution in [0.1, 0.15) is 18.4 Å². The number of nitrogens with zero attached hydrogens (tertiary/aromatic N) is 1. The van der Waals surface area contributed by atoms with Gasteiger partial charge in [-0.3, -0.25) is 0 Å². The molecule has 6 heteroatoms.